The maximum atomic E-state index is 10.7. The molecule has 0 bridgehead atoms. The van der Waals surface area contributed by atoms with Crippen LogP contribution in [0.5, 0.6) is 0 Å². The Hall–Kier alpha value is -1.96. The van der Waals surface area contributed by atoms with Crippen molar-refractivity contribution in [2.45, 2.75) is 38.4 Å². The van der Waals surface area contributed by atoms with Gasteiger partial charge in [0, 0.05) is 11.7 Å². The number of hydrogen-bond donors (Lipinski definition) is 1. The molecule has 2 heterocycles. The summed E-state index contributed by atoms with van der Waals surface area (Å²) in [5.74, 6) is -0.364. The second-order valence-electron chi connectivity index (χ2n) is 5.54. The predicted octanol–water partition coefficient (Wildman–Crippen LogP) is 1.98. The van der Waals surface area contributed by atoms with Gasteiger partial charge < -0.3 is 5.11 Å². The van der Waals surface area contributed by atoms with Crippen LogP contribution in [0.4, 0.5) is 0 Å². The normalized spacial score (nSPS) is 11.6. The molecule has 7 nitrogen and oxygen atoms in total. The van der Waals surface area contributed by atoms with Crippen LogP contribution in [0.25, 0.3) is 11.5 Å². The van der Waals surface area contributed by atoms with Gasteiger partial charge in [0.2, 0.25) is 0 Å². The minimum atomic E-state index is -0.889. The molecular formula is C13H17N5O2S. The van der Waals surface area contributed by atoms with E-state index in [4.69, 9.17) is 5.11 Å². The lowest BCUT2D eigenvalue weighted by Crippen LogP contribution is -2.24. The van der Waals surface area contributed by atoms with E-state index in [1.807, 2.05) is 32.3 Å². The minimum Gasteiger partial charge on any atom is -0.481 e. The van der Waals surface area contributed by atoms with Crippen LogP contribution in [-0.4, -0.2) is 41.6 Å². The second-order valence-corrected chi connectivity index (χ2v) is 6.48. The summed E-state index contributed by atoms with van der Waals surface area (Å²) in [5.41, 5.74) is 1.14. The molecule has 2 rings (SSSR count). The van der Waals surface area contributed by atoms with Crippen molar-refractivity contribution in [3.05, 3.63) is 18.1 Å². The Kier molecular flexibility index (Phi) is 4.26. The molecule has 1 N–H and O–H groups in total. The van der Waals surface area contributed by atoms with Crippen LogP contribution in [0.15, 0.2) is 17.6 Å². The summed E-state index contributed by atoms with van der Waals surface area (Å²) in [4.78, 5) is 19.3. The molecular weight excluding hydrogens is 290 g/mol. The molecule has 0 aliphatic heterocycles. The number of hydrogen-bond acceptors (Lipinski definition) is 6. The van der Waals surface area contributed by atoms with Crippen molar-refractivity contribution in [3.63, 3.8) is 0 Å². The van der Waals surface area contributed by atoms with E-state index >= 15 is 0 Å². The number of nitrogens with zero attached hydrogens (tertiary/aromatic N) is 5. The van der Waals surface area contributed by atoms with Crippen molar-refractivity contribution in [3.8, 4) is 11.5 Å². The van der Waals surface area contributed by atoms with Crippen molar-refractivity contribution in [1.29, 1.82) is 0 Å². The highest BCUT2D eigenvalue weighted by Crippen LogP contribution is 2.29. The Morgan fingerprint density at radius 1 is 1.29 bits per heavy atom. The molecule has 2 aromatic heterocycles. The molecule has 0 amide bonds. The molecule has 2 aromatic rings. The second kappa shape index (κ2) is 5.80. The molecule has 0 unspecified atom stereocenters. The molecule has 0 radical (unpaired) electrons. The van der Waals surface area contributed by atoms with Crippen LogP contribution in [0.2, 0.25) is 0 Å². The smallest absolute Gasteiger partial charge is 0.313 e. The molecule has 112 valence electrons. The lowest BCUT2D eigenvalue weighted by molar-refractivity contribution is -0.133. The van der Waals surface area contributed by atoms with E-state index in [0.717, 1.165) is 17.5 Å². The molecule has 0 atom stereocenters. The van der Waals surface area contributed by atoms with Gasteiger partial charge >= 0.3 is 5.97 Å². The molecule has 0 saturated heterocycles. The first-order valence-electron chi connectivity index (χ1n) is 6.38. The first-order chi connectivity index (χ1) is 9.79. The van der Waals surface area contributed by atoms with Crippen molar-refractivity contribution < 1.29 is 9.90 Å². The van der Waals surface area contributed by atoms with Crippen molar-refractivity contribution in [2.75, 3.05) is 5.75 Å². The molecule has 0 saturated carbocycles. The van der Waals surface area contributed by atoms with Crippen LogP contribution in [0.3, 0.4) is 0 Å². The van der Waals surface area contributed by atoms with Gasteiger partial charge in [-0.15, -0.1) is 10.2 Å². The number of carboxylic acids is 1. The lowest BCUT2D eigenvalue weighted by atomic mass is 10.1. The fourth-order valence-corrected chi connectivity index (χ4v) is 2.61. The highest BCUT2D eigenvalue weighted by atomic mass is 32.2. The fraction of sp³-hybridized carbons (Fsp3) is 0.462. The topological polar surface area (TPSA) is 93.8 Å². The summed E-state index contributed by atoms with van der Waals surface area (Å²) >= 11 is 1.14. The van der Waals surface area contributed by atoms with E-state index in [0.29, 0.717) is 16.7 Å². The SMILES string of the molecule is Cc1cnc(-c2nnc(SCC(=O)O)n2C(C)(C)C)cn1. The van der Waals surface area contributed by atoms with Crippen LogP contribution < -0.4 is 0 Å². The van der Waals surface area contributed by atoms with Gasteiger partial charge in [-0.25, -0.2) is 4.98 Å². The summed E-state index contributed by atoms with van der Waals surface area (Å²) in [6.45, 7) is 7.88. The van der Waals surface area contributed by atoms with Gasteiger partial charge in [-0.2, -0.15) is 0 Å². The van der Waals surface area contributed by atoms with E-state index in [9.17, 15) is 4.79 Å². The van der Waals surface area contributed by atoms with E-state index in [1.54, 1.807) is 12.4 Å². The molecule has 0 spiro atoms. The van der Waals surface area contributed by atoms with Crippen LogP contribution in [0.1, 0.15) is 26.5 Å². The average molecular weight is 307 g/mol. The number of thioether (sulfide) groups is 1. The Morgan fingerprint density at radius 3 is 2.52 bits per heavy atom. The summed E-state index contributed by atoms with van der Waals surface area (Å²) in [7, 11) is 0. The number of aryl methyl sites for hydroxylation is 1. The molecule has 0 fully saturated rings. The maximum Gasteiger partial charge on any atom is 0.313 e. The summed E-state index contributed by atoms with van der Waals surface area (Å²) in [6.07, 6.45) is 3.31. The van der Waals surface area contributed by atoms with E-state index < -0.39 is 5.97 Å². The Morgan fingerprint density at radius 2 is 2.00 bits per heavy atom. The molecule has 8 heteroatoms. The number of carboxylic acid groups (broad SMARTS) is 1. The van der Waals surface area contributed by atoms with Gasteiger partial charge in [0.1, 0.15) is 5.69 Å². The third-order valence-electron chi connectivity index (χ3n) is 2.64. The van der Waals surface area contributed by atoms with Gasteiger partial charge in [-0.3, -0.25) is 14.3 Å². The van der Waals surface area contributed by atoms with Crippen LogP contribution in [-0.2, 0) is 10.3 Å². The Balaban J connectivity index is 2.46. The third kappa shape index (κ3) is 3.57. The van der Waals surface area contributed by atoms with E-state index in [2.05, 4.69) is 20.2 Å². The van der Waals surface area contributed by atoms with E-state index in [-0.39, 0.29) is 11.3 Å². The largest absolute Gasteiger partial charge is 0.481 e. The first kappa shape index (κ1) is 15.4. The van der Waals surface area contributed by atoms with E-state index in [1.165, 1.54) is 0 Å². The summed E-state index contributed by atoms with van der Waals surface area (Å²) in [5, 5.41) is 17.6. The van der Waals surface area contributed by atoms with Gasteiger partial charge in [0.25, 0.3) is 0 Å². The highest BCUT2D eigenvalue weighted by Gasteiger charge is 2.25. The Labute approximate surface area is 126 Å². The fourth-order valence-electron chi connectivity index (χ4n) is 1.77. The van der Waals surface area contributed by atoms with Crippen LogP contribution in [0, 0.1) is 6.92 Å². The molecule has 21 heavy (non-hydrogen) atoms. The summed E-state index contributed by atoms with van der Waals surface area (Å²) in [6, 6.07) is 0. The quantitative estimate of drug-likeness (QED) is 0.863. The summed E-state index contributed by atoms with van der Waals surface area (Å²) < 4.78 is 1.89. The number of rotatable bonds is 4. The van der Waals surface area contributed by atoms with Crippen molar-refractivity contribution >= 4 is 17.7 Å². The monoisotopic (exact) mass is 307 g/mol. The lowest BCUT2D eigenvalue weighted by Gasteiger charge is -2.24. The van der Waals surface area contributed by atoms with Gasteiger partial charge in [0.05, 0.1) is 17.6 Å². The zero-order valence-electron chi connectivity index (χ0n) is 12.4. The van der Waals surface area contributed by atoms with Crippen LogP contribution >= 0.6 is 11.8 Å². The third-order valence-corrected chi connectivity index (χ3v) is 3.55. The van der Waals surface area contributed by atoms with Crippen molar-refractivity contribution in [2.24, 2.45) is 0 Å². The van der Waals surface area contributed by atoms with Gasteiger partial charge in [-0.1, -0.05) is 11.8 Å². The zero-order chi connectivity index (χ0) is 15.6. The van der Waals surface area contributed by atoms with Gasteiger partial charge in [0.15, 0.2) is 11.0 Å². The average Bonchev–Trinajstić information content (AvgIpc) is 2.81. The highest BCUT2D eigenvalue weighted by molar-refractivity contribution is 7.99. The first-order valence-corrected chi connectivity index (χ1v) is 7.37. The molecule has 0 aromatic carbocycles. The Bertz CT molecular complexity index is 646. The number of carbonyl (C=O) groups is 1. The van der Waals surface area contributed by atoms with Gasteiger partial charge in [-0.05, 0) is 27.7 Å². The number of aromatic nitrogens is 5. The van der Waals surface area contributed by atoms with Crippen molar-refractivity contribution in [1.82, 2.24) is 24.7 Å². The number of aliphatic carboxylic acids is 1. The molecule has 0 aliphatic rings. The predicted molar refractivity (Wildman–Crippen MR) is 79.1 cm³/mol. The zero-order valence-corrected chi connectivity index (χ0v) is 13.2. The molecule has 0 aliphatic carbocycles. The maximum absolute atomic E-state index is 10.7. The minimum absolute atomic E-state index is 0.0617. The standard InChI is InChI=1S/C13H17N5O2S/c1-8-5-15-9(6-14-8)11-16-17-12(21-7-10(19)20)18(11)13(2,3)4/h5-6H,7H2,1-4H3,(H,19,20).